The molecule has 0 radical (unpaired) electrons. The molecule has 1 aromatic heterocycles. The number of carbonyl (C=O) groups excluding carboxylic acids is 1. The number of aromatic nitrogens is 2. The van der Waals surface area contributed by atoms with Crippen LogP contribution in [0.1, 0.15) is 30.9 Å². The minimum Gasteiger partial charge on any atom is -0.351 e. The highest BCUT2D eigenvalue weighted by Crippen LogP contribution is 2.31. The van der Waals surface area contributed by atoms with E-state index in [4.69, 9.17) is 0 Å². The number of alkyl halides is 3. The number of likely N-dealkylation sites (tertiary alicyclic amines) is 1. The molecule has 3 heterocycles. The van der Waals surface area contributed by atoms with Crippen LogP contribution in [0.2, 0.25) is 0 Å². The van der Waals surface area contributed by atoms with E-state index in [9.17, 15) is 18.0 Å². The van der Waals surface area contributed by atoms with Gasteiger partial charge in [0.1, 0.15) is 5.82 Å². The third-order valence-electron chi connectivity index (χ3n) is 7.23. The van der Waals surface area contributed by atoms with Gasteiger partial charge in [-0.05, 0) is 43.5 Å². The average molecular weight is 513 g/mol. The normalized spacial score (nSPS) is 19.8. The number of benzene rings is 2. The van der Waals surface area contributed by atoms with Crippen LogP contribution in [0.5, 0.6) is 0 Å². The first-order valence-corrected chi connectivity index (χ1v) is 12.7. The van der Waals surface area contributed by atoms with E-state index < -0.39 is 11.7 Å². The second-order valence-electron chi connectivity index (χ2n) is 9.90. The maximum Gasteiger partial charge on any atom is 0.416 e. The Hall–Kier alpha value is -3.40. The number of nitrogens with one attached hydrogen (secondary N) is 1. The number of hydrogen-bond acceptors (Lipinski definition) is 5. The lowest BCUT2D eigenvalue weighted by atomic mass is 10.0. The zero-order chi connectivity index (χ0) is 26.0. The molecule has 2 fully saturated rings. The molecule has 2 saturated heterocycles. The molecule has 1 N–H and O–H groups in total. The number of piperazine rings is 1. The third-order valence-corrected chi connectivity index (χ3v) is 7.23. The molecule has 37 heavy (non-hydrogen) atoms. The number of anilines is 1. The topological polar surface area (TPSA) is 64.6 Å². The number of halogens is 3. The number of rotatable bonds is 4. The molecule has 0 bridgehead atoms. The predicted molar refractivity (Wildman–Crippen MR) is 136 cm³/mol. The van der Waals surface area contributed by atoms with E-state index in [1.54, 1.807) is 0 Å². The molecule has 0 unspecified atom stereocenters. The number of nitrogens with zero attached hydrogens (tertiary/aromatic N) is 5. The highest BCUT2D eigenvalue weighted by atomic mass is 19.4. The lowest BCUT2D eigenvalue weighted by Crippen LogP contribution is -2.58. The van der Waals surface area contributed by atoms with Crippen LogP contribution >= 0.6 is 0 Å². The van der Waals surface area contributed by atoms with Crippen molar-refractivity contribution in [2.45, 2.75) is 44.6 Å². The van der Waals surface area contributed by atoms with Crippen molar-refractivity contribution < 1.29 is 18.0 Å². The second-order valence-corrected chi connectivity index (χ2v) is 9.90. The third kappa shape index (κ3) is 5.95. The molecular weight excluding hydrogens is 481 g/mol. The SMILES string of the molecule is C[C@@H]1CN(c2cnc3cc(C(F)(F)F)ccc3n2)CCN1C(=O)NC1CCN(Cc2ccccc2)CC1. The van der Waals surface area contributed by atoms with Gasteiger partial charge in [-0.25, -0.2) is 9.78 Å². The van der Waals surface area contributed by atoms with E-state index in [1.807, 2.05) is 22.8 Å². The maximum absolute atomic E-state index is 13.0. The highest BCUT2D eigenvalue weighted by Gasteiger charge is 2.32. The van der Waals surface area contributed by atoms with Crippen molar-refractivity contribution in [3.05, 3.63) is 65.9 Å². The summed E-state index contributed by atoms with van der Waals surface area (Å²) >= 11 is 0. The van der Waals surface area contributed by atoms with Gasteiger partial charge in [-0.1, -0.05) is 30.3 Å². The molecule has 7 nitrogen and oxygen atoms in total. The van der Waals surface area contributed by atoms with Crippen molar-refractivity contribution in [1.82, 2.24) is 25.1 Å². The summed E-state index contributed by atoms with van der Waals surface area (Å²) in [6, 6.07) is 13.9. The van der Waals surface area contributed by atoms with Gasteiger partial charge in [0.05, 0.1) is 22.8 Å². The van der Waals surface area contributed by atoms with Crippen LogP contribution in [0.25, 0.3) is 11.0 Å². The molecule has 1 atom stereocenters. The van der Waals surface area contributed by atoms with Crippen LogP contribution in [0.4, 0.5) is 23.8 Å². The molecular formula is C27H31F3N6O. The van der Waals surface area contributed by atoms with Gasteiger partial charge >= 0.3 is 12.2 Å². The number of hydrogen-bond donors (Lipinski definition) is 1. The fourth-order valence-corrected chi connectivity index (χ4v) is 5.13. The van der Waals surface area contributed by atoms with Gasteiger partial charge < -0.3 is 15.1 Å². The van der Waals surface area contributed by atoms with Crippen LogP contribution in [-0.2, 0) is 12.7 Å². The summed E-state index contributed by atoms with van der Waals surface area (Å²) in [5.41, 5.74) is 1.19. The molecule has 2 aliphatic heterocycles. The molecule has 0 aliphatic carbocycles. The smallest absolute Gasteiger partial charge is 0.351 e. The van der Waals surface area contributed by atoms with E-state index >= 15 is 0 Å². The Labute approximate surface area is 214 Å². The Bertz CT molecular complexity index is 1230. The first-order chi connectivity index (χ1) is 17.8. The summed E-state index contributed by atoms with van der Waals surface area (Å²) in [6.07, 6.45) is -1.06. The van der Waals surface area contributed by atoms with Crippen molar-refractivity contribution in [3.8, 4) is 0 Å². The van der Waals surface area contributed by atoms with Gasteiger partial charge in [-0.3, -0.25) is 9.88 Å². The van der Waals surface area contributed by atoms with Gasteiger partial charge in [-0.15, -0.1) is 0 Å². The zero-order valence-electron chi connectivity index (χ0n) is 20.8. The summed E-state index contributed by atoms with van der Waals surface area (Å²) < 4.78 is 38.9. The monoisotopic (exact) mass is 512 g/mol. The number of fused-ring (bicyclic) bond motifs is 1. The van der Waals surface area contributed by atoms with Crippen LogP contribution in [0.15, 0.2) is 54.7 Å². The van der Waals surface area contributed by atoms with Gasteiger partial charge in [0, 0.05) is 51.4 Å². The number of amides is 2. The first-order valence-electron chi connectivity index (χ1n) is 12.7. The number of carbonyl (C=O) groups is 1. The van der Waals surface area contributed by atoms with Crippen LogP contribution in [-0.4, -0.2) is 70.6 Å². The quantitative estimate of drug-likeness (QED) is 0.557. The molecule has 2 aromatic carbocycles. The fraction of sp³-hybridized carbons (Fsp3) is 0.444. The lowest BCUT2D eigenvalue weighted by molar-refractivity contribution is -0.137. The predicted octanol–water partition coefficient (Wildman–Crippen LogP) is 4.53. The molecule has 5 rings (SSSR count). The molecule has 0 saturated carbocycles. The minimum atomic E-state index is -4.42. The molecule has 196 valence electrons. The van der Waals surface area contributed by atoms with E-state index in [1.165, 1.54) is 17.8 Å². The fourth-order valence-electron chi connectivity index (χ4n) is 5.13. The maximum atomic E-state index is 13.0. The Balaban J connectivity index is 1.13. The van der Waals surface area contributed by atoms with Gasteiger partial charge in [0.25, 0.3) is 0 Å². The molecule has 10 heteroatoms. The van der Waals surface area contributed by atoms with Crippen molar-refractivity contribution in [2.24, 2.45) is 0 Å². The van der Waals surface area contributed by atoms with Crippen molar-refractivity contribution in [1.29, 1.82) is 0 Å². The van der Waals surface area contributed by atoms with Gasteiger partial charge in [0.2, 0.25) is 0 Å². The van der Waals surface area contributed by atoms with E-state index in [2.05, 4.69) is 44.5 Å². The standard InChI is InChI=1S/C27H31F3N6O/c1-19-17-35(25-16-31-24-15-21(27(28,29)30)7-8-23(24)33-25)13-14-36(19)26(37)32-22-9-11-34(12-10-22)18-20-5-3-2-4-6-20/h2-8,15-16,19,22H,9-14,17-18H2,1H3,(H,32,37)/t19-/m1/s1. The summed E-state index contributed by atoms with van der Waals surface area (Å²) in [5.74, 6) is 0.602. The molecule has 2 aliphatic rings. The van der Waals surface area contributed by atoms with Gasteiger partial charge in [-0.2, -0.15) is 13.2 Å². The van der Waals surface area contributed by atoms with Crippen molar-refractivity contribution in [3.63, 3.8) is 0 Å². The summed E-state index contributed by atoms with van der Waals surface area (Å²) in [7, 11) is 0. The van der Waals surface area contributed by atoms with Gasteiger partial charge in [0.15, 0.2) is 0 Å². The second kappa shape index (κ2) is 10.5. The minimum absolute atomic E-state index is 0.0436. The lowest BCUT2D eigenvalue weighted by Gasteiger charge is -2.41. The Morgan fingerprint density at radius 3 is 2.49 bits per heavy atom. The zero-order valence-corrected chi connectivity index (χ0v) is 20.8. The number of urea groups is 1. The first kappa shape index (κ1) is 25.3. The van der Waals surface area contributed by atoms with Crippen LogP contribution < -0.4 is 10.2 Å². The van der Waals surface area contributed by atoms with Crippen LogP contribution in [0.3, 0.4) is 0 Å². The molecule has 2 amide bonds. The van der Waals surface area contributed by atoms with E-state index in [-0.39, 0.29) is 23.6 Å². The largest absolute Gasteiger partial charge is 0.416 e. The Kier molecular flexibility index (Phi) is 7.19. The Morgan fingerprint density at radius 1 is 1.03 bits per heavy atom. The number of piperidine rings is 1. The highest BCUT2D eigenvalue weighted by molar-refractivity contribution is 5.77. The average Bonchev–Trinajstić information content (AvgIpc) is 2.89. The summed E-state index contributed by atoms with van der Waals surface area (Å²) in [5, 5.41) is 3.22. The summed E-state index contributed by atoms with van der Waals surface area (Å²) in [6.45, 7) is 6.52. The Morgan fingerprint density at radius 2 is 1.78 bits per heavy atom. The molecule has 0 spiro atoms. The summed E-state index contributed by atoms with van der Waals surface area (Å²) in [4.78, 5) is 28.1. The van der Waals surface area contributed by atoms with E-state index in [0.717, 1.165) is 44.6 Å². The van der Waals surface area contributed by atoms with Crippen molar-refractivity contribution >= 4 is 22.9 Å². The van der Waals surface area contributed by atoms with Crippen molar-refractivity contribution in [2.75, 3.05) is 37.6 Å². The van der Waals surface area contributed by atoms with E-state index in [0.29, 0.717) is 31.0 Å². The van der Waals surface area contributed by atoms with Crippen LogP contribution in [0, 0.1) is 0 Å². The molecule has 3 aromatic rings.